The molecular formula is C12H13NO3. The molecule has 0 aliphatic rings. The van der Waals surface area contributed by atoms with Crippen LogP contribution in [0.4, 0.5) is 0 Å². The summed E-state index contributed by atoms with van der Waals surface area (Å²) in [4.78, 5) is 16.7. The number of esters is 1. The number of fused-ring (bicyclic) bond motifs is 1. The fraction of sp³-hybridized carbons (Fsp3) is 0.250. The minimum atomic E-state index is -0.355. The summed E-state index contributed by atoms with van der Waals surface area (Å²) in [6.45, 7) is 1.98. The average molecular weight is 219 g/mol. The summed E-state index contributed by atoms with van der Waals surface area (Å²) in [6.07, 6.45) is 1.63. The topological polar surface area (TPSA) is 40.5 Å². The van der Waals surface area contributed by atoms with Gasteiger partial charge in [0.15, 0.2) is 0 Å². The molecule has 16 heavy (non-hydrogen) atoms. The van der Waals surface area contributed by atoms with E-state index in [0.717, 1.165) is 16.5 Å². The summed E-state index contributed by atoms with van der Waals surface area (Å²) < 4.78 is 6.29. The van der Waals surface area contributed by atoms with E-state index in [1.54, 1.807) is 18.0 Å². The van der Waals surface area contributed by atoms with E-state index < -0.39 is 0 Å². The standard InChI is InChI=1S/C12H13NO3/c1-8-4-5-11-9(6-8)10(12(14)15-2)7-13(11)16-3/h4-7H,1-3H3. The number of benzene rings is 1. The molecule has 1 aromatic heterocycles. The average Bonchev–Trinajstić information content (AvgIpc) is 2.66. The van der Waals surface area contributed by atoms with Crippen LogP contribution in [-0.4, -0.2) is 24.9 Å². The summed E-state index contributed by atoms with van der Waals surface area (Å²) in [5.74, 6) is -0.355. The Hall–Kier alpha value is -1.97. The maximum atomic E-state index is 11.6. The van der Waals surface area contributed by atoms with Gasteiger partial charge in [-0.2, -0.15) is 4.73 Å². The van der Waals surface area contributed by atoms with Crippen molar-refractivity contribution >= 4 is 16.9 Å². The summed E-state index contributed by atoms with van der Waals surface area (Å²) in [7, 11) is 2.93. The first-order chi connectivity index (χ1) is 7.67. The Balaban J connectivity index is 2.73. The van der Waals surface area contributed by atoms with E-state index in [1.807, 2.05) is 25.1 Å². The number of ether oxygens (including phenoxy) is 1. The number of hydrogen-bond acceptors (Lipinski definition) is 3. The van der Waals surface area contributed by atoms with Gasteiger partial charge >= 0.3 is 5.97 Å². The number of carbonyl (C=O) groups excluding carboxylic acids is 1. The number of aromatic nitrogens is 1. The highest BCUT2D eigenvalue weighted by Gasteiger charge is 2.15. The molecule has 4 nitrogen and oxygen atoms in total. The summed E-state index contributed by atoms with van der Waals surface area (Å²) in [6, 6.07) is 5.83. The van der Waals surface area contributed by atoms with Crippen molar-refractivity contribution in [3.05, 3.63) is 35.5 Å². The van der Waals surface area contributed by atoms with E-state index in [0.29, 0.717) is 5.56 Å². The van der Waals surface area contributed by atoms with Gasteiger partial charge in [-0.15, -0.1) is 0 Å². The Kier molecular flexibility index (Phi) is 2.56. The molecule has 0 amide bonds. The third-order valence-corrected chi connectivity index (χ3v) is 2.53. The minimum absolute atomic E-state index is 0.355. The molecule has 0 bridgehead atoms. The Bertz CT molecular complexity index is 542. The van der Waals surface area contributed by atoms with Crippen LogP contribution >= 0.6 is 0 Å². The molecule has 0 spiro atoms. The molecule has 0 saturated carbocycles. The van der Waals surface area contributed by atoms with Crippen LogP contribution in [0.15, 0.2) is 24.4 Å². The first-order valence-corrected chi connectivity index (χ1v) is 4.92. The predicted molar refractivity (Wildman–Crippen MR) is 60.5 cm³/mol. The van der Waals surface area contributed by atoms with Crippen LogP contribution in [0, 0.1) is 6.92 Å². The molecule has 0 unspecified atom stereocenters. The number of hydrogen-bond donors (Lipinski definition) is 0. The first kappa shape index (κ1) is 10.5. The monoisotopic (exact) mass is 219 g/mol. The molecule has 0 aliphatic heterocycles. The van der Waals surface area contributed by atoms with Crippen molar-refractivity contribution < 1.29 is 14.4 Å². The van der Waals surface area contributed by atoms with Gasteiger partial charge in [0.25, 0.3) is 0 Å². The van der Waals surface area contributed by atoms with Gasteiger partial charge in [0.2, 0.25) is 0 Å². The highest BCUT2D eigenvalue weighted by Crippen LogP contribution is 2.22. The van der Waals surface area contributed by atoms with Gasteiger partial charge in [0, 0.05) is 5.39 Å². The van der Waals surface area contributed by atoms with Crippen molar-refractivity contribution in [3.63, 3.8) is 0 Å². The SMILES string of the molecule is COC(=O)c1cn(OC)c2ccc(C)cc12. The van der Waals surface area contributed by atoms with Gasteiger partial charge in [0.05, 0.1) is 24.4 Å². The summed E-state index contributed by atoms with van der Waals surface area (Å²) in [5.41, 5.74) is 2.46. The summed E-state index contributed by atoms with van der Waals surface area (Å²) in [5, 5.41) is 0.841. The second kappa shape index (κ2) is 3.89. The zero-order chi connectivity index (χ0) is 11.7. The zero-order valence-corrected chi connectivity index (χ0v) is 9.48. The van der Waals surface area contributed by atoms with Crippen LogP contribution in [0.5, 0.6) is 0 Å². The highest BCUT2D eigenvalue weighted by atomic mass is 16.6. The molecule has 4 heteroatoms. The Morgan fingerprint density at radius 3 is 2.69 bits per heavy atom. The van der Waals surface area contributed by atoms with Gasteiger partial charge in [0.1, 0.15) is 7.11 Å². The van der Waals surface area contributed by atoms with Crippen LogP contribution in [0.1, 0.15) is 15.9 Å². The fourth-order valence-electron chi connectivity index (χ4n) is 1.74. The minimum Gasteiger partial charge on any atom is -0.465 e. The van der Waals surface area contributed by atoms with Crippen molar-refractivity contribution in [2.75, 3.05) is 14.2 Å². The van der Waals surface area contributed by atoms with Crippen molar-refractivity contribution in [1.29, 1.82) is 0 Å². The second-order valence-electron chi connectivity index (χ2n) is 3.56. The van der Waals surface area contributed by atoms with Crippen molar-refractivity contribution in [2.45, 2.75) is 6.92 Å². The molecule has 1 heterocycles. The molecule has 0 N–H and O–H groups in total. The number of aryl methyl sites for hydroxylation is 1. The summed E-state index contributed by atoms with van der Waals surface area (Å²) >= 11 is 0. The van der Waals surface area contributed by atoms with Crippen molar-refractivity contribution in [3.8, 4) is 0 Å². The third kappa shape index (κ3) is 1.52. The Labute approximate surface area is 93.3 Å². The molecule has 0 radical (unpaired) electrons. The van der Waals surface area contributed by atoms with Crippen LogP contribution in [0.3, 0.4) is 0 Å². The molecule has 1 aromatic carbocycles. The molecule has 0 fully saturated rings. The maximum Gasteiger partial charge on any atom is 0.340 e. The lowest BCUT2D eigenvalue weighted by Gasteiger charge is -2.01. The molecule has 0 saturated heterocycles. The molecule has 0 atom stereocenters. The predicted octanol–water partition coefficient (Wildman–Crippen LogP) is 1.79. The van der Waals surface area contributed by atoms with E-state index in [-0.39, 0.29) is 5.97 Å². The molecule has 0 aliphatic carbocycles. The zero-order valence-electron chi connectivity index (χ0n) is 9.48. The van der Waals surface area contributed by atoms with Gasteiger partial charge in [-0.3, -0.25) is 0 Å². The van der Waals surface area contributed by atoms with E-state index in [9.17, 15) is 4.79 Å². The smallest absolute Gasteiger partial charge is 0.340 e. The fourth-order valence-corrected chi connectivity index (χ4v) is 1.74. The van der Waals surface area contributed by atoms with Crippen LogP contribution in [0.25, 0.3) is 10.9 Å². The van der Waals surface area contributed by atoms with E-state index >= 15 is 0 Å². The number of rotatable bonds is 2. The lowest BCUT2D eigenvalue weighted by molar-refractivity contribution is 0.0600. The second-order valence-corrected chi connectivity index (χ2v) is 3.56. The quantitative estimate of drug-likeness (QED) is 0.723. The number of nitrogens with zero attached hydrogens (tertiary/aromatic N) is 1. The lowest BCUT2D eigenvalue weighted by atomic mass is 10.1. The van der Waals surface area contributed by atoms with E-state index in [1.165, 1.54) is 7.11 Å². The molecule has 2 rings (SSSR count). The Morgan fingerprint density at radius 1 is 1.31 bits per heavy atom. The number of methoxy groups -OCH3 is 1. The van der Waals surface area contributed by atoms with Gasteiger partial charge < -0.3 is 9.57 Å². The molecular weight excluding hydrogens is 206 g/mol. The van der Waals surface area contributed by atoms with Crippen LogP contribution in [0.2, 0.25) is 0 Å². The van der Waals surface area contributed by atoms with Gasteiger partial charge in [-0.1, -0.05) is 11.6 Å². The normalized spacial score (nSPS) is 10.4. The van der Waals surface area contributed by atoms with Crippen LogP contribution in [-0.2, 0) is 4.74 Å². The van der Waals surface area contributed by atoms with E-state index in [2.05, 4.69) is 0 Å². The van der Waals surface area contributed by atoms with E-state index in [4.69, 9.17) is 9.57 Å². The number of carbonyl (C=O) groups is 1. The largest absolute Gasteiger partial charge is 0.465 e. The third-order valence-electron chi connectivity index (χ3n) is 2.53. The lowest BCUT2D eigenvalue weighted by Crippen LogP contribution is -2.04. The Morgan fingerprint density at radius 2 is 2.06 bits per heavy atom. The van der Waals surface area contributed by atoms with Crippen molar-refractivity contribution in [2.24, 2.45) is 0 Å². The molecule has 2 aromatic rings. The maximum absolute atomic E-state index is 11.6. The van der Waals surface area contributed by atoms with Gasteiger partial charge in [-0.05, 0) is 19.1 Å². The van der Waals surface area contributed by atoms with Gasteiger partial charge in [-0.25, -0.2) is 4.79 Å². The van der Waals surface area contributed by atoms with Crippen molar-refractivity contribution in [1.82, 2.24) is 4.73 Å². The first-order valence-electron chi connectivity index (χ1n) is 4.92. The van der Waals surface area contributed by atoms with Crippen LogP contribution < -0.4 is 4.84 Å². The highest BCUT2D eigenvalue weighted by molar-refractivity contribution is 6.04. The molecule has 84 valence electrons.